The van der Waals surface area contributed by atoms with E-state index in [0.29, 0.717) is 11.3 Å². The highest BCUT2D eigenvalue weighted by atomic mass is 32.2. The fraction of sp³-hybridized carbons (Fsp3) is 0.417. The molecule has 0 aliphatic carbocycles. The van der Waals surface area contributed by atoms with Gasteiger partial charge in [-0.05, 0) is 17.4 Å². The zero-order valence-electron chi connectivity index (χ0n) is 9.46. The normalized spacial score (nSPS) is 10.2. The number of ether oxygens (including phenoxy) is 1. The van der Waals surface area contributed by atoms with Gasteiger partial charge >= 0.3 is 0 Å². The maximum atomic E-state index is 13.7. The number of Topliss-reactive ketones (excluding diaryl/α,β-unsaturated/α-hetero) is 1. The van der Waals surface area contributed by atoms with Crippen molar-refractivity contribution in [2.45, 2.75) is 13.3 Å². The Kier molecular flexibility index (Phi) is 5.32. The number of benzene rings is 1. The Morgan fingerprint density at radius 2 is 2.25 bits per heavy atom. The standard InChI is InChI=1S/C12H15FO2S/c1-3-16-8-10(14)7-9-5-4-6-11(15-2)12(9)13/h4-6H,3,7-8H2,1-2H3. The summed E-state index contributed by atoms with van der Waals surface area (Å²) < 4.78 is 18.5. The van der Waals surface area contributed by atoms with Crippen molar-refractivity contribution in [3.8, 4) is 5.75 Å². The van der Waals surface area contributed by atoms with Gasteiger partial charge in [0.1, 0.15) is 5.78 Å². The lowest BCUT2D eigenvalue weighted by molar-refractivity contribution is -0.116. The second-order valence-corrected chi connectivity index (χ2v) is 4.56. The molecule has 0 amide bonds. The molecule has 0 N–H and O–H groups in total. The fourth-order valence-electron chi connectivity index (χ4n) is 1.33. The van der Waals surface area contributed by atoms with Crippen LogP contribution in [0, 0.1) is 5.82 Å². The van der Waals surface area contributed by atoms with Crippen LogP contribution in [-0.4, -0.2) is 24.4 Å². The third-order valence-electron chi connectivity index (χ3n) is 2.12. The predicted molar refractivity (Wildman–Crippen MR) is 64.7 cm³/mol. The van der Waals surface area contributed by atoms with Crippen molar-refractivity contribution in [2.75, 3.05) is 18.6 Å². The third-order valence-corrected chi connectivity index (χ3v) is 3.05. The molecule has 1 aromatic rings. The minimum Gasteiger partial charge on any atom is -0.494 e. The van der Waals surface area contributed by atoms with Crippen molar-refractivity contribution in [3.05, 3.63) is 29.6 Å². The van der Waals surface area contributed by atoms with Crippen LogP contribution >= 0.6 is 11.8 Å². The molecule has 0 atom stereocenters. The molecule has 0 aliphatic rings. The summed E-state index contributed by atoms with van der Waals surface area (Å²) in [6.45, 7) is 1.99. The smallest absolute Gasteiger partial charge is 0.168 e. The summed E-state index contributed by atoms with van der Waals surface area (Å²) in [5.74, 6) is 1.13. The van der Waals surface area contributed by atoms with Crippen LogP contribution in [0.1, 0.15) is 12.5 Å². The summed E-state index contributed by atoms with van der Waals surface area (Å²) in [5.41, 5.74) is 0.404. The molecule has 1 aromatic carbocycles. The molecule has 0 bridgehead atoms. The monoisotopic (exact) mass is 242 g/mol. The predicted octanol–water partition coefficient (Wildman–Crippen LogP) is 2.70. The van der Waals surface area contributed by atoms with E-state index < -0.39 is 5.82 Å². The molecule has 4 heteroatoms. The molecule has 0 unspecified atom stereocenters. The highest BCUT2D eigenvalue weighted by Crippen LogP contribution is 2.20. The van der Waals surface area contributed by atoms with Crippen molar-refractivity contribution >= 4 is 17.5 Å². The summed E-state index contributed by atoms with van der Waals surface area (Å²) in [5, 5.41) is 0. The summed E-state index contributed by atoms with van der Waals surface area (Å²) >= 11 is 1.55. The molecule has 0 aromatic heterocycles. The SMILES string of the molecule is CCSCC(=O)Cc1cccc(OC)c1F. The summed E-state index contributed by atoms with van der Waals surface area (Å²) in [6.07, 6.45) is 0.135. The first-order valence-electron chi connectivity index (χ1n) is 5.09. The zero-order valence-corrected chi connectivity index (χ0v) is 10.3. The molecule has 16 heavy (non-hydrogen) atoms. The van der Waals surface area contributed by atoms with E-state index in [1.54, 1.807) is 30.0 Å². The number of hydrogen-bond donors (Lipinski definition) is 0. The summed E-state index contributed by atoms with van der Waals surface area (Å²) in [6, 6.07) is 4.86. The van der Waals surface area contributed by atoms with Gasteiger partial charge in [-0.1, -0.05) is 19.1 Å². The van der Waals surface area contributed by atoms with Crippen LogP contribution in [0.25, 0.3) is 0 Å². The van der Waals surface area contributed by atoms with Crippen LogP contribution in [0.4, 0.5) is 4.39 Å². The lowest BCUT2D eigenvalue weighted by Gasteiger charge is -2.06. The van der Waals surface area contributed by atoms with Gasteiger partial charge in [0.25, 0.3) is 0 Å². The highest BCUT2D eigenvalue weighted by molar-refractivity contribution is 7.99. The van der Waals surface area contributed by atoms with Gasteiger partial charge in [-0.25, -0.2) is 4.39 Å². The molecular formula is C12H15FO2S. The largest absolute Gasteiger partial charge is 0.494 e. The number of halogens is 1. The number of carbonyl (C=O) groups excluding carboxylic acids is 1. The van der Waals surface area contributed by atoms with Crippen LogP contribution in [0.15, 0.2) is 18.2 Å². The second kappa shape index (κ2) is 6.53. The molecule has 1 rings (SSSR count). The van der Waals surface area contributed by atoms with E-state index in [-0.39, 0.29) is 18.0 Å². The van der Waals surface area contributed by atoms with Gasteiger partial charge in [-0.15, -0.1) is 0 Å². The van der Waals surface area contributed by atoms with E-state index in [9.17, 15) is 9.18 Å². The molecule has 0 fully saturated rings. The molecule has 0 heterocycles. The first kappa shape index (κ1) is 13.0. The molecule has 0 spiro atoms. The van der Waals surface area contributed by atoms with Gasteiger partial charge in [-0.2, -0.15) is 11.8 Å². The molecule has 0 saturated heterocycles. The average Bonchev–Trinajstić information content (AvgIpc) is 2.29. The van der Waals surface area contributed by atoms with Gasteiger partial charge in [0.05, 0.1) is 12.9 Å². The Bertz CT molecular complexity index is 366. The van der Waals surface area contributed by atoms with Gasteiger partial charge in [0.2, 0.25) is 0 Å². The Hall–Kier alpha value is -1.03. The zero-order chi connectivity index (χ0) is 12.0. The minimum atomic E-state index is -0.431. The third kappa shape index (κ3) is 3.52. The maximum Gasteiger partial charge on any atom is 0.168 e. The molecular weight excluding hydrogens is 227 g/mol. The lowest BCUT2D eigenvalue weighted by atomic mass is 10.1. The van der Waals surface area contributed by atoms with E-state index in [1.165, 1.54) is 7.11 Å². The van der Waals surface area contributed by atoms with Crippen LogP contribution in [-0.2, 0) is 11.2 Å². The van der Waals surface area contributed by atoms with Gasteiger partial charge in [0, 0.05) is 6.42 Å². The number of carbonyl (C=O) groups is 1. The van der Waals surface area contributed by atoms with Crippen molar-refractivity contribution < 1.29 is 13.9 Å². The lowest BCUT2D eigenvalue weighted by Crippen LogP contribution is -2.08. The number of methoxy groups -OCH3 is 1. The van der Waals surface area contributed by atoms with Crippen LogP contribution in [0.2, 0.25) is 0 Å². The topological polar surface area (TPSA) is 26.3 Å². The average molecular weight is 242 g/mol. The summed E-state index contributed by atoms with van der Waals surface area (Å²) in [4.78, 5) is 11.5. The summed E-state index contributed by atoms with van der Waals surface area (Å²) in [7, 11) is 1.41. The van der Waals surface area contributed by atoms with E-state index >= 15 is 0 Å². The molecule has 88 valence electrons. The number of rotatable bonds is 6. The van der Waals surface area contributed by atoms with E-state index in [0.717, 1.165) is 5.75 Å². The first-order valence-corrected chi connectivity index (χ1v) is 6.25. The Labute approximate surface area is 99.2 Å². The van der Waals surface area contributed by atoms with Gasteiger partial charge in [0.15, 0.2) is 11.6 Å². The Balaban J connectivity index is 2.70. The van der Waals surface area contributed by atoms with Crippen molar-refractivity contribution in [3.63, 3.8) is 0 Å². The number of ketones is 1. The second-order valence-electron chi connectivity index (χ2n) is 3.29. The van der Waals surface area contributed by atoms with Crippen molar-refractivity contribution in [1.29, 1.82) is 0 Å². The highest BCUT2D eigenvalue weighted by Gasteiger charge is 2.11. The number of hydrogen-bond acceptors (Lipinski definition) is 3. The van der Waals surface area contributed by atoms with E-state index in [1.807, 2.05) is 6.92 Å². The molecule has 2 nitrogen and oxygen atoms in total. The molecule has 0 aliphatic heterocycles. The van der Waals surface area contributed by atoms with Crippen molar-refractivity contribution in [1.82, 2.24) is 0 Å². The Morgan fingerprint density at radius 1 is 1.50 bits per heavy atom. The van der Waals surface area contributed by atoms with Crippen molar-refractivity contribution in [2.24, 2.45) is 0 Å². The Morgan fingerprint density at radius 3 is 2.88 bits per heavy atom. The van der Waals surface area contributed by atoms with Crippen LogP contribution in [0.5, 0.6) is 5.75 Å². The molecule has 0 saturated carbocycles. The quantitative estimate of drug-likeness (QED) is 0.767. The van der Waals surface area contributed by atoms with Crippen LogP contribution < -0.4 is 4.74 Å². The first-order chi connectivity index (χ1) is 7.69. The van der Waals surface area contributed by atoms with Crippen LogP contribution in [0.3, 0.4) is 0 Å². The minimum absolute atomic E-state index is 0.0407. The van der Waals surface area contributed by atoms with Gasteiger partial charge < -0.3 is 4.74 Å². The van der Waals surface area contributed by atoms with Gasteiger partial charge in [-0.3, -0.25) is 4.79 Å². The number of thioether (sulfide) groups is 1. The molecule has 0 radical (unpaired) electrons. The van der Waals surface area contributed by atoms with E-state index in [2.05, 4.69) is 0 Å². The van der Waals surface area contributed by atoms with E-state index in [4.69, 9.17) is 4.74 Å². The fourth-order valence-corrected chi connectivity index (χ4v) is 1.86. The maximum absolute atomic E-state index is 13.7.